The van der Waals surface area contributed by atoms with Crippen molar-refractivity contribution in [3.63, 3.8) is 0 Å². The Kier molecular flexibility index (Phi) is 4.47. The minimum Gasteiger partial charge on any atom is -0.388 e. The summed E-state index contributed by atoms with van der Waals surface area (Å²) in [4.78, 5) is 11.8. The summed E-state index contributed by atoms with van der Waals surface area (Å²) in [7, 11) is -3.01. The molecule has 0 radical (unpaired) electrons. The van der Waals surface area contributed by atoms with Gasteiger partial charge in [-0.1, -0.05) is 12.8 Å². The molecule has 0 aromatic rings. The maximum Gasteiger partial charge on any atom is 0.221 e. The van der Waals surface area contributed by atoms with E-state index in [1.165, 1.54) is 0 Å². The van der Waals surface area contributed by atoms with Gasteiger partial charge in [0.1, 0.15) is 0 Å². The zero-order valence-electron chi connectivity index (χ0n) is 11.0. The zero-order chi connectivity index (χ0) is 13.9. The fraction of sp³-hybridized carbons (Fsp3) is 0.917. The lowest BCUT2D eigenvalue weighted by molar-refractivity contribution is -0.122. The Bertz CT molecular complexity index is 429. The summed E-state index contributed by atoms with van der Waals surface area (Å²) in [5.41, 5.74) is -0.762. The maximum absolute atomic E-state index is 11.8. The molecule has 2 aliphatic rings. The van der Waals surface area contributed by atoms with E-state index in [-0.39, 0.29) is 36.4 Å². The third kappa shape index (κ3) is 4.43. The van der Waals surface area contributed by atoms with Crippen LogP contribution in [0.4, 0.5) is 0 Å². The van der Waals surface area contributed by atoms with E-state index in [1.807, 2.05) is 0 Å². The predicted molar refractivity (Wildman–Crippen MR) is 71.5 cm³/mol. The van der Waals surface area contributed by atoms with Gasteiger partial charge in [-0.15, -0.1) is 0 Å². The highest BCUT2D eigenvalue weighted by Gasteiger charge is 2.32. The van der Waals surface area contributed by atoms with Crippen molar-refractivity contribution in [1.82, 2.24) is 10.6 Å². The first-order chi connectivity index (χ1) is 8.89. The Balaban J connectivity index is 1.75. The first kappa shape index (κ1) is 14.7. The van der Waals surface area contributed by atoms with Gasteiger partial charge < -0.3 is 15.7 Å². The second-order valence-corrected chi connectivity index (χ2v) is 7.91. The van der Waals surface area contributed by atoms with Crippen molar-refractivity contribution >= 4 is 15.7 Å². The summed E-state index contributed by atoms with van der Waals surface area (Å²) in [6.45, 7) is 0.676. The van der Waals surface area contributed by atoms with Crippen molar-refractivity contribution in [1.29, 1.82) is 0 Å². The van der Waals surface area contributed by atoms with Crippen molar-refractivity contribution in [3.05, 3.63) is 0 Å². The topological polar surface area (TPSA) is 95.5 Å². The summed E-state index contributed by atoms with van der Waals surface area (Å²) >= 11 is 0. The van der Waals surface area contributed by atoms with Gasteiger partial charge in [0.25, 0.3) is 0 Å². The summed E-state index contributed by atoms with van der Waals surface area (Å²) < 4.78 is 22.9. The third-order valence-corrected chi connectivity index (χ3v) is 5.62. The van der Waals surface area contributed by atoms with Gasteiger partial charge in [0, 0.05) is 25.6 Å². The van der Waals surface area contributed by atoms with Crippen LogP contribution in [-0.4, -0.2) is 55.7 Å². The van der Waals surface area contributed by atoms with Crippen molar-refractivity contribution in [2.24, 2.45) is 0 Å². The Labute approximate surface area is 113 Å². The van der Waals surface area contributed by atoms with Gasteiger partial charge in [-0.2, -0.15) is 0 Å². The van der Waals surface area contributed by atoms with Crippen LogP contribution in [0, 0.1) is 0 Å². The molecule has 1 heterocycles. The smallest absolute Gasteiger partial charge is 0.221 e. The molecule has 6 nitrogen and oxygen atoms in total. The average Bonchev–Trinajstić information content (AvgIpc) is 2.73. The largest absolute Gasteiger partial charge is 0.388 e. The molecule has 1 aliphatic carbocycles. The fourth-order valence-electron chi connectivity index (χ4n) is 2.77. The SMILES string of the molecule is O=C(CC1CS(=O)(=O)CCN1)NCC1(O)CCCC1. The Morgan fingerprint density at radius 2 is 2.05 bits per heavy atom. The molecule has 0 aromatic carbocycles. The highest BCUT2D eigenvalue weighted by Crippen LogP contribution is 2.28. The monoisotopic (exact) mass is 290 g/mol. The Hall–Kier alpha value is -0.660. The number of nitrogens with one attached hydrogen (secondary N) is 2. The van der Waals surface area contributed by atoms with E-state index < -0.39 is 15.4 Å². The van der Waals surface area contributed by atoms with Crippen molar-refractivity contribution in [2.45, 2.75) is 43.7 Å². The van der Waals surface area contributed by atoms with Crippen LogP contribution >= 0.6 is 0 Å². The van der Waals surface area contributed by atoms with Crippen LogP contribution in [0.2, 0.25) is 0 Å². The first-order valence-corrected chi connectivity index (χ1v) is 8.64. The summed E-state index contributed by atoms with van der Waals surface area (Å²) in [6.07, 6.45) is 3.59. The van der Waals surface area contributed by atoms with Gasteiger partial charge in [-0.25, -0.2) is 8.42 Å². The first-order valence-electron chi connectivity index (χ1n) is 6.81. The molecule has 1 atom stereocenters. The zero-order valence-corrected chi connectivity index (χ0v) is 11.8. The number of hydrogen-bond acceptors (Lipinski definition) is 5. The molecule has 1 aliphatic heterocycles. The van der Waals surface area contributed by atoms with Gasteiger partial charge >= 0.3 is 0 Å². The number of rotatable bonds is 4. The van der Waals surface area contributed by atoms with E-state index in [1.54, 1.807) is 0 Å². The normalized spacial score (nSPS) is 29.0. The quantitative estimate of drug-likeness (QED) is 0.629. The number of aliphatic hydroxyl groups is 1. The van der Waals surface area contributed by atoms with E-state index in [2.05, 4.69) is 10.6 Å². The summed E-state index contributed by atoms with van der Waals surface area (Å²) in [5, 5.41) is 15.9. The van der Waals surface area contributed by atoms with Crippen LogP contribution in [0.25, 0.3) is 0 Å². The predicted octanol–water partition coefficient (Wildman–Crippen LogP) is -0.816. The summed E-state index contributed by atoms with van der Waals surface area (Å²) in [6, 6.07) is -0.308. The number of amides is 1. The molecule has 7 heteroatoms. The van der Waals surface area contributed by atoms with Gasteiger partial charge in [-0.05, 0) is 12.8 Å². The van der Waals surface area contributed by atoms with Crippen LogP contribution in [0.15, 0.2) is 0 Å². The summed E-state index contributed by atoms with van der Waals surface area (Å²) in [5.74, 6) is -0.0369. The van der Waals surface area contributed by atoms with E-state index in [9.17, 15) is 18.3 Å². The molecule has 19 heavy (non-hydrogen) atoms. The van der Waals surface area contributed by atoms with E-state index >= 15 is 0 Å². The van der Waals surface area contributed by atoms with Crippen molar-refractivity contribution < 1.29 is 18.3 Å². The molecular formula is C12H22N2O4S. The molecule has 0 bridgehead atoms. The van der Waals surface area contributed by atoms with E-state index in [0.29, 0.717) is 6.54 Å². The van der Waals surface area contributed by atoms with Crippen LogP contribution in [0.1, 0.15) is 32.1 Å². The van der Waals surface area contributed by atoms with Gasteiger partial charge in [0.2, 0.25) is 5.91 Å². The highest BCUT2D eigenvalue weighted by molar-refractivity contribution is 7.91. The number of carbonyl (C=O) groups is 1. The lowest BCUT2D eigenvalue weighted by atomic mass is 10.0. The molecule has 3 N–H and O–H groups in total. The highest BCUT2D eigenvalue weighted by atomic mass is 32.2. The standard InChI is InChI=1S/C12H22N2O4S/c15-11(14-9-12(16)3-1-2-4-12)7-10-8-19(17,18)6-5-13-10/h10,13,16H,1-9H2,(H,14,15). The van der Waals surface area contributed by atoms with Crippen LogP contribution in [0.3, 0.4) is 0 Å². The number of carbonyl (C=O) groups excluding carboxylic acids is 1. The fourth-order valence-corrected chi connectivity index (χ4v) is 4.21. The molecule has 2 fully saturated rings. The minimum absolute atomic E-state index is 0.0185. The lowest BCUT2D eigenvalue weighted by Gasteiger charge is -2.25. The van der Waals surface area contributed by atoms with Crippen LogP contribution in [-0.2, 0) is 14.6 Å². The molecule has 1 saturated carbocycles. The average molecular weight is 290 g/mol. The van der Waals surface area contributed by atoms with Gasteiger partial charge in [0.05, 0.1) is 17.1 Å². The lowest BCUT2D eigenvalue weighted by Crippen LogP contribution is -2.48. The molecule has 0 spiro atoms. The Morgan fingerprint density at radius 1 is 1.37 bits per heavy atom. The number of sulfone groups is 1. The van der Waals surface area contributed by atoms with Gasteiger partial charge in [0.15, 0.2) is 9.84 Å². The molecular weight excluding hydrogens is 268 g/mol. The minimum atomic E-state index is -3.01. The second-order valence-electron chi connectivity index (χ2n) is 5.68. The van der Waals surface area contributed by atoms with Crippen molar-refractivity contribution in [2.75, 3.05) is 24.6 Å². The Morgan fingerprint density at radius 3 is 2.68 bits per heavy atom. The number of hydrogen-bond donors (Lipinski definition) is 3. The second kappa shape index (κ2) is 5.76. The van der Waals surface area contributed by atoms with E-state index in [0.717, 1.165) is 25.7 Å². The maximum atomic E-state index is 11.8. The van der Waals surface area contributed by atoms with E-state index in [4.69, 9.17) is 0 Å². The molecule has 110 valence electrons. The molecule has 1 amide bonds. The third-order valence-electron chi connectivity index (χ3n) is 3.88. The molecule has 1 saturated heterocycles. The van der Waals surface area contributed by atoms with Crippen molar-refractivity contribution in [3.8, 4) is 0 Å². The molecule has 1 unspecified atom stereocenters. The van der Waals surface area contributed by atoms with Gasteiger partial charge in [-0.3, -0.25) is 4.79 Å². The molecule has 0 aromatic heterocycles. The van der Waals surface area contributed by atoms with Crippen LogP contribution < -0.4 is 10.6 Å². The van der Waals surface area contributed by atoms with Crippen LogP contribution in [0.5, 0.6) is 0 Å². The molecule has 2 rings (SSSR count).